The first-order valence-corrected chi connectivity index (χ1v) is 15.1. The molecule has 38 heavy (non-hydrogen) atoms. The van der Waals surface area contributed by atoms with Crippen molar-refractivity contribution in [1.29, 1.82) is 0 Å². The zero-order chi connectivity index (χ0) is 26.4. The molecule has 0 saturated heterocycles. The van der Waals surface area contributed by atoms with Crippen molar-refractivity contribution in [3.8, 4) is 5.75 Å². The Kier molecular flexibility index (Phi) is 11.5. The van der Waals surface area contributed by atoms with Crippen LogP contribution in [0.4, 0.5) is 0 Å². The third kappa shape index (κ3) is 8.18. The first-order chi connectivity index (χ1) is 17.8. The number of nitrogens with one attached hydrogen (secondary N) is 1. The number of carbonyl (C=O) groups excluding carboxylic acids is 1. The standard InChI is InChI=1S/C27H35ClN4O4S.Na.H/c1-3-4-8-15-37(34,35)31-27(33)25-14-13-24-26(30-25)32(19(2)29-24)17-21-11-12-22(16-23(21)28)36-18-20-9-6-5-7-10-20;;/h11-14,16,20H,3-10,15,17-18H2,1-2H3,(H,31,33);;/q;+1;-1. The average Bonchev–Trinajstić information content (AvgIpc) is 3.18. The molecule has 0 bridgehead atoms. The van der Waals surface area contributed by atoms with Crippen LogP contribution in [0.2, 0.25) is 5.02 Å². The summed E-state index contributed by atoms with van der Waals surface area (Å²) < 4.78 is 34.5. The van der Waals surface area contributed by atoms with Gasteiger partial charge in [-0.3, -0.25) is 4.79 Å². The number of benzene rings is 1. The molecule has 2 heterocycles. The molecule has 2 aromatic heterocycles. The minimum atomic E-state index is -3.72. The molecule has 1 aromatic carbocycles. The van der Waals surface area contributed by atoms with Crippen molar-refractivity contribution in [2.24, 2.45) is 5.92 Å². The van der Waals surface area contributed by atoms with Crippen LogP contribution in [0, 0.1) is 12.8 Å². The molecule has 0 radical (unpaired) electrons. The van der Waals surface area contributed by atoms with E-state index in [2.05, 4.69) is 14.7 Å². The number of aryl methyl sites for hydroxylation is 1. The zero-order valence-corrected chi connectivity index (χ0v) is 26.1. The number of rotatable bonds is 11. The maximum atomic E-state index is 12.7. The van der Waals surface area contributed by atoms with E-state index in [4.69, 9.17) is 16.3 Å². The van der Waals surface area contributed by atoms with Crippen LogP contribution in [-0.2, 0) is 16.6 Å². The summed E-state index contributed by atoms with van der Waals surface area (Å²) in [5.41, 5.74) is 1.99. The average molecular weight is 571 g/mol. The van der Waals surface area contributed by atoms with Crippen LogP contribution >= 0.6 is 11.6 Å². The predicted molar refractivity (Wildman–Crippen MR) is 147 cm³/mol. The minimum absolute atomic E-state index is 0. The van der Waals surface area contributed by atoms with Gasteiger partial charge in [-0.1, -0.05) is 56.7 Å². The summed E-state index contributed by atoms with van der Waals surface area (Å²) in [4.78, 5) is 21.7. The van der Waals surface area contributed by atoms with E-state index in [-0.39, 0.29) is 42.4 Å². The fourth-order valence-electron chi connectivity index (χ4n) is 4.70. The van der Waals surface area contributed by atoms with Crippen LogP contribution < -0.4 is 39.0 Å². The number of aromatic nitrogens is 3. The third-order valence-electron chi connectivity index (χ3n) is 6.84. The van der Waals surface area contributed by atoms with Gasteiger partial charge in [-0.25, -0.2) is 23.1 Å². The molecule has 0 unspecified atom stereocenters. The second kappa shape index (κ2) is 14.1. The number of fused-ring (bicyclic) bond motifs is 1. The number of amides is 1. The Labute approximate surface area is 253 Å². The second-order valence-electron chi connectivity index (χ2n) is 9.81. The van der Waals surface area contributed by atoms with Crippen LogP contribution in [0.15, 0.2) is 30.3 Å². The van der Waals surface area contributed by atoms with E-state index in [1.807, 2.05) is 36.6 Å². The van der Waals surface area contributed by atoms with E-state index in [1.165, 1.54) is 38.2 Å². The summed E-state index contributed by atoms with van der Waals surface area (Å²) >= 11 is 6.61. The van der Waals surface area contributed by atoms with Gasteiger partial charge in [0.15, 0.2) is 5.65 Å². The van der Waals surface area contributed by atoms with Crippen molar-refractivity contribution in [2.45, 2.75) is 71.8 Å². The molecule has 11 heteroatoms. The Hall–Kier alpha value is -1.65. The molecule has 1 aliphatic rings. The van der Waals surface area contributed by atoms with Gasteiger partial charge in [0.2, 0.25) is 10.0 Å². The molecule has 3 aromatic rings. The Balaban J connectivity index is 0.00000267. The number of sulfonamides is 1. The summed E-state index contributed by atoms with van der Waals surface area (Å²) in [7, 11) is -3.72. The first-order valence-electron chi connectivity index (χ1n) is 13.1. The molecule has 202 valence electrons. The van der Waals surface area contributed by atoms with E-state index in [9.17, 15) is 13.2 Å². The Bertz CT molecular complexity index is 1360. The summed E-state index contributed by atoms with van der Waals surface area (Å²) in [5.74, 6) is 1.23. The van der Waals surface area contributed by atoms with Crippen LogP contribution in [0.1, 0.15) is 81.6 Å². The van der Waals surface area contributed by atoms with E-state index >= 15 is 0 Å². The van der Waals surface area contributed by atoms with Crippen LogP contribution in [-0.4, -0.2) is 41.2 Å². The van der Waals surface area contributed by atoms with Crippen molar-refractivity contribution in [3.63, 3.8) is 0 Å². The van der Waals surface area contributed by atoms with Crippen molar-refractivity contribution in [2.75, 3.05) is 12.4 Å². The number of hydrogen-bond donors (Lipinski definition) is 1. The molecule has 8 nitrogen and oxygen atoms in total. The topological polar surface area (TPSA) is 103 Å². The predicted octanol–water partition coefficient (Wildman–Crippen LogP) is 2.77. The summed E-state index contributed by atoms with van der Waals surface area (Å²) in [6.07, 6.45) is 8.49. The molecular weight excluding hydrogens is 535 g/mol. The number of halogens is 1. The molecule has 1 aliphatic carbocycles. The quantitative estimate of drug-likeness (QED) is 0.281. The Morgan fingerprint density at radius 2 is 1.92 bits per heavy atom. The first kappa shape index (κ1) is 30.9. The van der Waals surface area contributed by atoms with Gasteiger partial charge in [0, 0.05) is 5.02 Å². The molecule has 1 amide bonds. The SMILES string of the molecule is CCCCCS(=O)(=O)NC(=O)c1ccc2nc(C)n(Cc3ccc(OCC4CCCCC4)cc3Cl)c2n1.[H-].[Na+]. The molecule has 0 aliphatic heterocycles. The van der Waals surface area contributed by atoms with Gasteiger partial charge in [-0.2, -0.15) is 0 Å². The van der Waals surface area contributed by atoms with E-state index in [0.717, 1.165) is 24.2 Å². The van der Waals surface area contributed by atoms with Gasteiger partial charge >= 0.3 is 29.6 Å². The third-order valence-corrected chi connectivity index (χ3v) is 8.52. The van der Waals surface area contributed by atoms with Gasteiger partial charge in [-0.15, -0.1) is 0 Å². The van der Waals surface area contributed by atoms with E-state index in [0.29, 0.717) is 47.5 Å². The number of imidazole rings is 1. The Morgan fingerprint density at radius 3 is 2.63 bits per heavy atom. The largest absolute Gasteiger partial charge is 1.00 e. The van der Waals surface area contributed by atoms with Crippen molar-refractivity contribution >= 4 is 38.7 Å². The van der Waals surface area contributed by atoms with Gasteiger partial charge in [0.05, 0.1) is 18.9 Å². The van der Waals surface area contributed by atoms with Gasteiger partial charge in [0.1, 0.15) is 22.8 Å². The molecular formula is C27H36ClN4NaO4S. The monoisotopic (exact) mass is 570 g/mol. The smallest absolute Gasteiger partial charge is 1.00 e. The molecule has 1 fully saturated rings. The minimum Gasteiger partial charge on any atom is -1.00 e. The summed E-state index contributed by atoms with van der Waals surface area (Å²) in [6.45, 7) is 4.96. The number of hydrogen-bond acceptors (Lipinski definition) is 6. The van der Waals surface area contributed by atoms with Gasteiger partial charge < -0.3 is 10.7 Å². The maximum absolute atomic E-state index is 12.7. The number of unbranched alkanes of at least 4 members (excludes halogenated alkanes) is 2. The van der Waals surface area contributed by atoms with E-state index in [1.54, 1.807) is 6.07 Å². The van der Waals surface area contributed by atoms with Crippen LogP contribution in [0.3, 0.4) is 0 Å². The van der Waals surface area contributed by atoms with E-state index < -0.39 is 15.9 Å². The van der Waals surface area contributed by atoms with Gasteiger partial charge in [-0.05, 0) is 61.9 Å². The van der Waals surface area contributed by atoms with Crippen LogP contribution in [0.25, 0.3) is 11.2 Å². The molecule has 1 saturated carbocycles. The normalized spacial score (nSPS) is 14.3. The molecule has 0 spiro atoms. The number of nitrogens with zero attached hydrogens (tertiary/aromatic N) is 3. The number of pyridine rings is 1. The fourth-order valence-corrected chi connectivity index (χ4v) is 6.01. The van der Waals surface area contributed by atoms with Crippen molar-refractivity contribution in [3.05, 3.63) is 52.4 Å². The number of ether oxygens (including phenoxy) is 1. The molecule has 1 N–H and O–H groups in total. The van der Waals surface area contributed by atoms with Crippen molar-refractivity contribution < 1.29 is 48.9 Å². The zero-order valence-electron chi connectivity index (χ0n) is 23.5. The van der Waals surface area contributed by atoms with Gasteiger partial charge in [0.25, 0.3) is 5.91 Å². The second-order valence-corrected chi connectivity index (χ2v) is 12.1. The van der Waals surface area contributed by atoms with Crippen LogP contribution in [0.5, 0.6) is 5.75 Å². The molecule has 0 atom stereocenters. The summed E-state index contributed by atoms with van der Waals surface area (Å²) in [6, 6.07) is 8.86. The summed E-state index contributed by atoms with van der Waals surface area (Å²) in [5, 5.41) is 0.578. The fraction of sp³-hybridized carbons (Fsp3) is 0.519. The van der Waals surface area contributed by atoms with Crippen molar-refractivity contribution in [1.82, 2.24) is 19.3 Å². The number of carbonyl (C=O) groups is 1. The molecule has 4 rings (SSSR count). The Morgan fingerprint density at radius 1 is 1.16 bits per heavy atom. The maximum Gasteiger partial charge on any atom is 1.00 e.